The molecule has 1 aromatic carbocycles. The molecule has 0 spiro atoms. The van der Waals surface area contributed by atoms with Crippen LogP contribution >= 0.6 is 0 Å². The van der Waals surface area contributed by atoms with Gasteiger partial charge in [-0.2, -0.15) is 4.98 Å². The van der Waals surface area contributed by atoms with Crippen LogP contribution in [0.2, 0.25) is 0 Å². The Morgan fingerprint density at radius 3 is 2.63 bits per heavy atom. The third-order valence-corrected chi connectivity index (χ3v) is 4.76. The monoisotopic (exact) mass is 375 g/mol. The number of amides is 1. The molecule has 1 unspecified atom stereocenters. The fraction of sp³-hybridized carbons (Fsp3) is 0.526. The number of hydrogen-bond donors (Lipinski definition) is 1. The summed E-state index contributed by atoms with van der Waals surface area (Å²) < 4.78 is 18.3. The first-order chi connectivity index (χ1) is 13.0. The highest BCUT2D eigenvalue weighted by atomic mass is 19.1. The number of benzene rings is 1. The Kier molecular flexibility index (Phi) is 6.52. The van der Waals surface area contributed by atoms with Gasteiger partial charge in [0, 0.05) is 38.3 Å². The van der Waals surface area contributed by atoms with Crippen LogP contribution in [0.25, 0.3) is 0 Å². The molecule has 27 heavy (non-hydrogen) atoms. The second-order valence-corrected chi connectivity index (χ2v) is 6.84. The number of halogens is 1. The minimum Gasteiger partial charge on any atom is -0.338 e. The van der Waals surface area contributed by atoms with Crippen molar-refractivity contribution in [1.82, 2.24) is 19.9 Å². The summed E-state index contributed by atoms with van der Waals surface area (Å²) in [5, 5.41) is 6.82. The summed E-state index contributed by atoms with van der Waals surface area (Å²) >= 11 is 0. The van der Waals surface area contributed by atoms with Crippen molar-refractivity contribution in [2.24, 2.45) is 0 Å². The maximum absolute atomic E-state index is 12.9. The van der Waals surface area contributed by atoms with Crippen molar-refractivity contribution >= 4 is 11.6 Å². The van der Waals surface area contributed by atoms with Gasteiger partial charge in [-0.05, 0) is 37.6 Å². The van der Waals surface area contributed by atoms with Crippen LogP contribution in [0, 0.1) is 5.82 Å². The molecule has 1 fully saturated rings. The van der Waals surface area contributed by atoms with Crippen molar-refractivity contribution in [2.45, 2.75) is 32.7 Å². The number of rotatable bonds is 7. The van der Waals surface area contributed by atoms with Gasteiger partial charge in [-0.15, -0.1) is 0 Å². The molecular weight excluding hydrogens is 349 g/mol. The Labute approximate surface area is 158 Å². The molecule has 1 N–H and O–H groups in total. The van der Waals surface area contributed by atoms with E-state index in [1.54, 1.807) is 12.1 Å². The average Bonchev–Trinajstić information content (AvgIpc) is 3.13. The highest BCUT2D eigenvalue weighted by molar-refractivity contribution is 5.92. The highest BCUT2D eigenvalue weighted by Gasteiger charge is 2.26. The number of piperazine rings is 1. The Morgan fingerprint density at radius 1 is 1.26 bits per heavy atom. The number of carbonyl (C=O) groups is 1. The molecule has 0 radical (unpaired) electrons. The van der Waals surface area contributed by atoms with Gasteiger partial charge in [-0.25, -0.2) is 4.39 Å². The minimum atomic E-state index is -0.318. The summed E-state index contributed by atoms with van der Waals surface area (Å²) in [6, 6.07) is 5.85. The second kappa shape index (κ2) is 9.05. The number of aryl methyl sites for hydroxylation is 1. The maximum atomic E-state index is 12.9. The Morgan fingerprint density at radius 2 is 1.96 bits per heavy atom. The predicted octanol–water partition coefficient (Wildman–Crippen LogP) is 2.48. The molecule has 1 atom stereocenters. The number of nitrogens with one attached hydrogen (secondary N) is 1. The summed E-state index contributed by atoms with van der Waals surface area (Å²) in [6.45, 7) is 7.72. The van der Waals surface area contributed by atoms with Crippen LogP contribution in [-0.2, 0) is 11.2 Å². The summed E-state index contributed by atoms with van der Waals surface area (Å²) in [7, 11) is 0. The van der Waals surface area contributed by atoms with E-state index in [4.69, 9.17) is 4.52 Å². The van der Waals surface area contributed by atoms with Crippen molar-refractivity contribution in [3.05, 3.63) is 41.8 Å². The van der Waals surface area contributed by atoms with Crippen molar-refractivity contribution in [3.8, 4) is 0 Å². The highest BCUT2D eigenvalue weighted by Crippen LogP contribution is 2.20. The predicted molar refractivity (Wildman–Crippen MR) is 99.8 cm³/mol. The lowest BCUT2D eigenvalue weighted by Crippen LogP contribution is -2.49. The molecule has 2 aromatic rings. The third kappa shape index (κ3) is 5.33. The van der Waals surface area contributed by atoms with E-state index in [0.29, 0.717) is 18.1 Å². The molecule has 3 rings (SSSR count). The van der Waals surface area contributed by atoms with Gasteiger partial charge in [-0.3, -0.25) is 14.6 Å². The minimum absolute atomic E-state index is 0.0679. The number of aromatic nitrogens is 2. The smallest absolute Gasteiger partial charge is 0.243 e. The van der Waals surface area contributed by atoms with Gasteiger partial charge < -0.3 is 9.84 Å². The van der Waals surface area contributed by atoms with Crippen LogP contribution in [-0.4, -0.2) is 58.6 Å². The van der Waals surface area contributed by atoms with Crippen molar-refractivity contribution in [2.75, 3.05) is 38.0 Å². The average molecular weight is 375 g/mol. The van der Waals surface area contributed by atoms with Crippen molar-refractivity contribution in [3.63, 3.8) is 0 Å². The lowest BCUT2D eigenvalue weighted by Gasteiger charge is -2.36. The molecule has 1 aliphatic heterocycles. The molecule has 1 aliphatic rings. The molecule has 1 aromatic heterocycles. The normalized spacial score (nSPS) is 17.0. The summed E-state index contributed by atoms with van der Waals surface area (Å²) in [5.74, 6) is 1.00. The summed E-state index contributed by atoms with van der Waals surface area (Å²) in [6.07, 6.45) is 1.82. The Balaban J connectivity index is 1.45. The molecule has 0 bridgehead atoms. The van der Waals surface area contributed by atoms with Crippen molar-refractivity contribution < 1.29 is 13.7 Å². The van der Waals surface area contributed by atoms with E-state index in [-0.39, 0.29) is 17.8 Å². The van der Waals surface area contributed by atoms with Gasteiger partial charge in [0.15, 0.2) is 5.82 Å². The zero-order valence-electron chi connectivity index (χ0n) is 15.8. The number of hydrogen-bond acceptors (Lipinski definition) is 6. The van der Waals surface area contributed by atoms with Gasteiger partial charge in [0.25, 0.3) is 0 Å². The summed E-state index contributed by atoms with van der Waals surface area (Å²) in [5.41, 5.74) is 0.605. The fourth-order valence-corrected chi connectivity index (χ4v) is 3.16. The van der Waals surface area contributed by atoms with Gasteiger partial charge in [-0.1, -0.05) is 12.1 Å². The van der Waals surface area contributed by atoms with E-state index < -0.39 is 0 Å². The molecule has 8 heteroatoms. The van der Waals surface area contributed by atoms with Crippen LogP contribution < -0.4 is 5.32 Å². The first-order valence-electron chi connectivity index (χ1n) is 9.39. The Hall–Kier alpha value is -2.32. The van der Waals surface area contributed by atoms with Crippen LogP contribution in [0.3, 0.4) is 0 Å². The molecule has 146 valence electrons. The molecule has 0 saturated carbocycles. The van der Waals surface area contributed by atoms with E-state index in [1.165, 1.54) is 12.1 Å². The molecule has 0 aliphatic carbocycles. The van der Waals surface area contributed by atoms with Gasteiger partial charge in [0.2, 0.25) is 11.8 Å². The van der Waals surface area contributed by atoms with Crippen LogP contribution in [0.4, 0.5) is 10.1 Å². The second-order valence-electron chi connectivity index (χ2n) is 6.84. The van der Waals surface area contributed by atoms with E-state index in [0.717, 1.165) is 44.8 Å². The van der Waals surface area contributed by atoms with Gasteiger partial charge in [0.05, 0.1) is 12.6 Å². The molecule has 7 nitrogen and oxygen atoms in total. The number of carbonyl (C=O) groups excluding carboxylic acids is 1. The molecular formula is C19H26FN5O2. The third-order valence-electron chi connectivity index (χ3n) is 4.76. The summed E-state index contributed by atoms with van der Waals surface area (Å²) in [4.78, 5) is 21.0. The first kappa shape index (κ1) is 19.4. The Bertz CT molecular complexity index is 741. The lowest BCUT2D eigenvalue weighted by molar-refractivity contribution is -0.117. The van der Waals surface area contributed by atoms with Gasteiger partial charge >= 0.3 is 0 Å². The van der Waals surface area contributed by atoms with Crippen LogP contribution in [0.1, 0.15) is 38.0 Å². The van der Waals surface area contributed by atoms with E-state index in [2.05, 4.69) is 39.1 Å². The molecule has 1 saturated heterocycles. The van der Waals surface area contributed by atoms with Crippen LogP contribution in [0.5, 0.6) is 0 Å². The standard InChI is InChI=1S/C19H26FN5O2/c1-3-4-17-22-19(27-23-17)14(2)25-11-9-24(10-12-25)13-18(26)21-16-7-5-15(20)6-8-16/h5-8,14H,3-4,9-13H2,1-2H3,(H,21,26). The molecule has 1 amide bonds. The van der Waals surface area contributed by atoms with E-state index in [9.17, 15) is 9.18 Å². The number of nitrogens with zero attached hydrogens (tertiary/aromatic N) is 4. The lowest BCUT2D eigenvalue weighted by atomic mass is 10.2. The van der Waals surface area contributed by atoms with E-state index >= 15 is 0 Å². The van der Waals surface area contributed by atoms with Crippen LogP contribution in [0.15, 0.2) is 28.8 Å². The van der Waals surface area contributed by atoms with E-state index in [1.807, 2.05) is 0 Å². The van der Waals surface area contributed by atoms with Gasteiger partial charge in [0.1, 0.15) is 5.82 Å². The number of anilines is 1. The maximum Gasteiger partial charge on any atom is 0.243 e. The zero-order valence-corrected chi connectivity index (χ0v) is 15.8. The molecule has 2 heterocycles. The quantitative estimate of drug-likeness (QED) is 0.801. The fourth-order valence-electron chi connectivity index (χ4n) is 3.16. The first-order valence-corrected chi connectivity index (χ1v) is 9.39. The largest absolute Gasteiger partial charge is 0.338 e. The SMILES string of the molecule is CCCc1noc(C(C)N2CCN(CC(=O)Nc3ccc(F)cc3)CC2)n1. The zero-order chi connectivity index (χ0) is 19.2. The van der Waals surface area contributed by atoms with Crippen molar-refractivity contribution in [1.29, 1.82) is 0 Å². The topological polar surface area (TPSA) is 74.5 Å².